The van der Waals surface area contributed by atoms with Crippen molar-refractivity contribution in [2.45, 2.75) is 57.8 Å². The molecule has 2 heterocycles. The second kappa shape index (κ2) is 2.96. The van der Waals surface area contributed by atoms with Crippen LogP contribution in [0.1, 0.15) is 40.0 Å². The Balaban J connectivity index is 2.12. The van der Waals surface area contributed by atoms with E-state index in [2.05, 4.69) is 13.8 Å². The smallest absolute Gasteiger partial charge is 0.0917 e. The van der Waals surface area contributed by atoms with Gasteiger partial charge in [-0.15, -0.1) is 0 Å². The van der Waals surface area contributed by atoms with Gasteiger partial charge in [0.25, 0.3) is 0 Å². The van der Waals surface area contributed by atoms with Crippen LogP contribution in [0.5, 0.6) is 0 Å². The van der Waals surface area contributed by atoms with Crippen molar-refractivity contribution in [2.75, 3.05) is 0 Å². The van der Waals surface area contributed by atoms with Crippen LogP contribution in [0.15, 0.2) is 0 Å². The fourth-order valence-corrected chi connectivity index (χ4v) is 2.83. The van der Waals surface area contributed by atoms with Crippen molar-refractivity contribution in [1.82, 2.24) is 0 Å². The number of ether oxygens (including phenoxy) is 1. The first kappa shape index (κ1) is 9.47. The van der Waals surface area contributed by atoms with E-state index in [9.17, 15) is 5.11 Å². The first-order valence-electron chi connectivity index (χ1n) is 5.39. The maximum atomic E-state index is 9.83. The Morgan fingerprint density at radius 3 is 2.77 bits per heavy atom. The van der Waals surface area contributed by atoms with E-state index in [1.807, 2.05) is 6.92 Å². The lowest BCUT2D eigenvalue weighted by molar-refractivity contribution is -0.126. The van der Waals surface area contributed by atoms with Crippen LogP contribution in [0.25, 0.3) is 0 Å². The van der Waals surface area contributed by atoms with Gasteiger partial charge < -0.3 is 9.84 Å². The van der Waals surface area contributed by atoms with Gasteiger partial charge in [0.15, 0.2) is 0 Å². The van der Waals surface area contributed by atoms with E-state index in [0.29, 0.717) is 17.9 Å². The van der Waals surface area contributed by atoms with Gasteiger partial charge in [-0.25, -0.2) is 0 Å². The molecule has 2 nitrogen and oxygen atoms in total. The van der Waals surface area contributed by atoms with Crippen LogP contribution in [-0.2, 0) is 4.74 Å². The summed E-state index contributed by atoms with van der Waals surface area (Å²) in [4.78, 5) is 0. The zero-order chi connectivity index (χ0) is 9.64. The molecule has 2 aliphatic rings. The molecule has 2 heteroatoms. The van der Waals surface area contributed by atoms with Crippen molar-refractivity contribution >= 4 is 0 Å². The van der Waals surface area contributed by atoms with Crippen molar-refractivity contribution in [3.05, 3.63) is 0 Å². The molecule has 4 unspecified atom stereocenters. The first-order chi connectivity index (χ1) is 6.03. The molecule has 0 aliphatic carbocycles. The summed E-state index contributed by atoms with van der Waals surface area (Å²) >= 11 is 0. The van der Waals surface area contributed by atoms with Crippen molar-refractivity contribution < 1.29 is 9.84 Å². The summed E-state index contributed by atoms with van der Waals surface area (Å²) in [6.45, 7) is 6.55. The number of fused-ring (bicyclic) bond motifs is 2. The second-order valence-corrected chi connectivity index (χ2v) is 5.17. The predicted octanol–water partition coefficient (Wildman–Crippen LogP) is 1.96. The summed E-state index contributed by atoms with van der Waals surface area (Å²) in [7, 11) is 0. The molecule has 0 aromatic carbocycles. The zero-order valence-corrected chi connectivity index (χ0v) is 8.79. The Kier molecular flexibility index (Phi) is 2.16. The predicted molar refractivity (Wildman–Crippen MR) is 51.5 cm³/mol. The van der Waals surface area contributed by atoms with E-state index < -0.39 is 0 Å². The van der Waals surface area contributed by atoms with Crippen molar-refractivity contribution in [1.29, 1.82) is 0 Å². The van der Waals surface area contributed by atoms with Crippen LogP contribution in [0.4, 0.5) is 0 Å². The molecule has 2 saturated heterocycles. The van der Waals surface area contributed by atoms with Gasteiger partial charge in [-0.2, -0.15) is 0 Å². The average Bonchev–Trinajstić information content (AvgIpc) is 2.23. The molecule has 2 bridgehead atoms. The molecule has 13 heavy (non-hydrogen) atoms. The largest absolute Gasteiger partial charge is 0.390 e. The monoisotopic (exact) mass is 184 g/mol. The number of aliphatic hydroxyl groups is 1. The van der Waals surface area contributed by atoms with E-state index in [-0.39, 0.29) is 11.7 Å². The van der Waals surface area contributed by atoms with Crippen LogP contribution < -0.4 is 0 Å². The first-order valence-corrected chi connectivity index (χ1v) is 5.39. The van der Waals surface area contributed by atoms with Crippen LogP contribution in [-0.4, -0.2) is 22.9 Å². The molecule has 4 atom stereocenters. The summed E-state index contributed by atoms with van der Waals surface area (Å²) in [6, 6.07) is 0. The van der Waals surface area contributed by atoms with Crippen LogP contribution in [0.3, 0.4) is 0 Å². The van der Waals surface area contributed by atoms with E-state index >= 15 is 0 Å². The lowest BCUT2D eigenvalue weighted by Gasteiger charge is -2.37. The van der Waals surface area contributed by atoms with Gasteiger partial charge in [-0.05, 0) is 31.6 Å². The third-order valence-corrected chi connectivity index (χ3v) is 3.89. The molecule has 0 amide bonds. The summed E-state index contributed by atoms with van der Waals surface area (Å²) in [5.41, 5.74) is -0.226. The van der Waals surface area contributed by atoms with Gasteiger partial charge in [-0.1, -0.05) is 13.8 Å². The van der Waals surface area contributed by atoms with Crippen molar-refractivity contribution in [3.63, 3.8) is 0 Å². The summed E-state index contributed by atoms with van der Waals surface area (Å²) in [6.07, 6.45) is 3.16. The van der Waals surface area contributed by atoms with Gasteiger partial charge in [0.05, 0.1) is 17.8 Å². The molecule has 2 fully saturated rings. The van der Waals surface area contributed by atoms with Crippen LogP contribution in [0, 0.1) is 11.8 Å². The number of rotatable bonds is 1. The van der Waals surface area contributed by atoms with Crippen molar-refractivity contribution in [2.24, 2.45) is 11.8 Å². The zero-order valence-electron chi connectivity index (χ0n) is 8.79. The maximum absolute atomic E-state index is 9.83. The molecule has 0 aromatic rings. The Morgan fingerprint density at radius 2 is 2.15 bits per heavy atom. The third kappa shape index (κ3) is 1.40. The number of hydrogen-bond donors (Lipinski definition) is 1. The molecule has 0 radical (unpaired) electrons. The minimum Gasteiger partial charge on any atom is -0.390 e. The van der Waals surface area contributed by atoms with E-state index in [0.717, 1.165) is 12.8 Å². The molecule has 0 saturated carbocycles. The number of hydrogen-bond acceptors (Lipinski definition) is 2. The molecule has 0 aromatic heterocycles. The van der Waals surface area contributed by atoms with Gasteiger partial charge in [0.1, 0.15) is 0 Å². The van der Waals surface area contributed by atoms with Crippen LogP contribution >= 0.6 is 0 Å². The molecule has 2 aliphatic heterocycles. The topological polar surface area (TPSA) is 29.5 Å². The maximum Gasteiger partial charge on any atom is 0.0917 e. The third-order valence-electron chi connectivity index (χ3n) is 3.89. The fourth-order valence-electron chi connectivity index (χ4n) is 2.83. The molecule has 2 rings (SSSR count). The Bertz CT molecular complexity index is 202. The number of aliphatic hydroxyl groups excluding tert-OH is 1. The fraction of sp³-hybridized carbons (Fsp3) is 1.00. The lowest BCUT2D eigenvalue weighted by Crippen LogP contribution is -2.40. The average molecular weight is 184 g/mol. The highest BCUT2D eigenvalue weighted by Crippen LogP contribution is 2.46. The lowest BCUT2D eigenvalue weighted by atomic mass is 9.84. The molecule has 1 N–H and O–H groups in total. The summed E-state index contributed by atoms with van der Waals surface area (Å²) in [5.74, 6) is 1.34. The summed E-state index contributed by atoms with van der Waals surface area (Å²) < 4.78 is 5.92. The highest BCUT2D eigenvalue weighted by molar-refractivity contribution is 5.00. The molecular formula is C11H20O2. The Hall–Kier alpha value is -0.0800. The summed E-state index contributed by atoms with van der Waals surface area (Å²) in [5, 5.41) is 9.83. The minimum absolute atomic E-state index is 0.226. The molecular weight excluding hydrogens is 164 g/mol. The molecule has 0 spiro atoms. The highest BCUT2D eigenvalue weighted by atomic mass is 16.5. The SMILES string of the molecule is CC(C)C1CCC2(C)OC1CC2O. The highest BCUT2D eigenvalue weighted by Gasteiger charge is 2.50. The van der Waals surface area contributed by atoms with Gasteiger partial charge in [0, 0.05) is 6.42 Å². The Morgan fingerprint density at radius 1 is 1.46 bits per heavy atom. The Labute approximate surface area is 80.3 Å². The van der Waals surface area contributed by atoms with E-state index in [4.69, 9.17) is 4.74 Å². The van der Waals surface area contributed by atoms with Gasteiger partial charge in [0.2, 0.25) is 0 Å². The minimum atomic E-state index is -0.235. The van der Waals surface area contributed by atoms with E-state index in [1.165, 1.54) is 6.42 Å². The quantitative estimate of drug-likeness (QED) is 0.675. The standard InChI is InChI=1S/C11H20O2/c1-7(2)8-4-5-11(3)10(12)6-9(8)13-11/h7-10,12H,4-6H2,1-3H3. The normalized spacial score (nSPS) is 50.1. The van der Waals surface area contributed by atoms with Crippen molar-refractivity contribution in [3.8, 4) is 0 Å². The van der Waals surface area contributed by atoms with Crippen LogP contribution in [0.2, 0.25) is 0 Å². The molecule has 76 valence electrons. The van der Waals surface area contributed by atoms with Gasteiger partial charge >= 0.3 is 0 Å². The second-order valence-electron chi connectivity index (χ2n) is 5.17. The van der Waals surface area contributed by atoms with E-state index in [1.54, 1.807) is 0 Å². The van der Waals surface area contributed by atoms with Gasteiger partial charge in [-0.3, -0.25) is 0 Å².